The molecule has 82 valence electrons. The minimum absolute atomic E-state index is 0.0147. The molecule has 1 aromatic heterocycles. The molecule has 0 radical (unpaired) electrons. The third-order valence-electron chi connectivity index (χ3n) is 2.25. The maximum atomic E-state index is 11.8. The summed E-state index contributed by atoms with van der Waals surface area (Å²) in [6.45, 7) is 2.65. The molecule has 1 rings (SSSR count). The number of hydrogen-bond acceptors (Lipinski definition) is 3. The van der Waals surface area contributed by atoms with Crippen LogP contribution in [0.1, 0.15) is 23.0 Å². The van der Waals surface area contributed by atoms with Crippen LogP contribution in [0.5, 0.6) is 0 Å². The molecule has 1 heterocycles. The zero-order valence-corrected chi connectivity index (χ0v) is 9.10. The number of carbonyl (C=O) groups is 1. The lowest BCUT2D eigenvalue weighted by Gasteiger charge is -2.14. The molecule has 0 aliphatic carbocycles. The first kappa shape index (κ1) is 11.7. The van der Waals surface area contributed by atoms with Crippen molar-refractivity contribution in [3.8, 4) is 0 Å². The molecule has 0 aliphatic rings. The highest BCUT2D eigenvalue weighted by Crippen LogP contribution is 2.05. The lowest BCUT2D eigenvalue weighted by Crippen LogP contribution is -2.26. The average Bonchev–Trinajstić information content (AvgIpc) is 2.28. The summed E-state index contributed by atoms with van der Waals surface area (Å²) in [5, 5.41) is 8.77. The predicted octanol–water partition coefficient (Wildman–Crippen LogP) is 0.708. The SMILES string of the molecule is CCN(C)C(=O)c1ccnc(CCO)c1. The molecule has 0 bridgehead atoms. The van der Waals surface area contributed by atoms with Crippen LogP contribution in [0.4, 0.5) is 0 Å². The van der Waals surface area contributed by atoms with Crippen molar-refractivity contribution in [1.29, 1.82) is 0 Å². The van der Waals surface area contributed by atoms with Crippen molar-refractivity contribution in [3.63, 3.8) is 0 Å². The highest BCUT2D eigenvalue weighted by atomic mass is 16.3. The molecule has 0 aliphatic heterocycles. The van der Waals surface area contributed by atoms with Gasteiger partial charge in [-0.15, -0.1) is 0 Å². The summed E-state index contributed by atoms with van der Waals surface area (Å²) in [7, 11) is 1.76. The molecule has 1 aromatic rings. The number of nitrogens with zero attached hydrogens (tertiary/aromatic N) is 2. The van der Waals surface area contributed by atoms with Crippen LogP contribution >= 0.6 is 0 Å². The largest absolute Gasteiger partial charge is 0.396 e. The Labute approximate surface area is 89.6 Å². The molecule has 0 saturated carbocycles. The summed E-state index contributed by atoms with van der Waals surface area (Å²) in [5.74, 6) is -0.0147. The molecule has 0 spiro atoms. The van der Waals surface area contributed by atoms with Crippen molar-refractivity contribution in [2.24, 2.45) is 0 Å². The Hall–Kier alpha value is -1.42. The van der Waals surface area contributed by atoms with Crippen LogP contribution in [0, 0.1) is 0 Å². The monoisotopic (exact) mass is 208 g/mol. The molecule has 0 fully saturated rings. The smallest absolute Gasteiger partial charge is 0.253 e. The van der Waals surface area contributed by atoms with Gasteiger partial charge in [-0.05, 0) is 19.1 Å². The van der Waals surface area contributed by atoms with E-state index in [-0.39, 0.29) is 12.5 Å². The number of amides is 1. The fourth-order valence-corrected chi connectivity index (χ4v) is 1.23. The summed E-state index contributed by atoms with van der Waals surface area (Å²) in [4.78, 5) is 17.5. The van der Waals surface area contributed by atoms with E-state index in [0.717, 1.165) is 5.69 Å². The third-order valence-corrected chi connectivity index (χ3v) is 2.25. The molecule has 0 saturated heterocycles. The quantitative estimate of drug-likeness (QED) is 0.792. The molecule has 0 aromatic carbocycles. The normalized spacial score (nSPS) is 10.1. The highest BCUT2D eigenvalue weighted by Gasteiger charge is 2.10. The molecule has 4 heteroatoms. The summed E-state index contributed by atoms with van der Waals surface area (Å²) < 4.78 is 0. The Morgan fingerprint density at radius 1 is 1.60 bits per heavy atom. The standard InChI is InChI=1S/C11H16N2O2/c1-3-13(2)11(15)9-4-6-12-10(8-9)5-7-14/h4,6,8,14H,3,5,7H2,1-2H3. The van der Waals surface area contributed by atoms with E-state index in [1.165, 1.54) is 0 Å². The number of pyridine rings is 1. The summed E-state index contributed by atoms with van der Waals surface area (Å²) in [6, 6.07) is 3.42. The maximum absolute atomic E-state index is 11.8. The van der Waals surface area contributed by atoms with Crippen molar-refractivity contribution in [2.45, 2.75) is 13.3 Å². The van der Waals surface area contributed by atoms with Gasteiger partial charge in [-0.3, -0.25) is 9.78 Å². The number of aromatic nitrogens is 1. The van der Waals surface area contributed by atoms with Gasteiger partial charge in [0.15, 0.2) is 0 Å². The highest BCUT2D eigenvalue weighted by molar-refractivity contribution is 5.94. The molecule has 0 atom stereocenters. The minimum Gasteiger partial charge on any atom is -0.396 e. The summed E-state index contributed by atoms with van der Waals surface area (Å²) in [5.41, 5.74) is 1.37. The third kappa shape index (κ3) is 3.02. The molecular formula is C11H16N2O2. The molecule has 1 amide bonds. The van der Waals surface area contributed by atoms with Gasteiger partial charge in [0.1, 0.15) is 0 Å². The van der Waals surface area contributed by atoms with Crippen LogP contribution in [0.2, 0.25) is 0 Å². The van der Waals surface area contributed by atoms with E-state index in [1.807, 2.05) is 6.92 Å². The lowest BCUT2D eigenvalue weighted by atomic mass is 10.2. The second-order valence-electron chi connectivity index (χ2n) is 3.33. The predicted molar refractivity (Wildman–Crippen MR) is 57.7 cm³/mol. The maximum Gasteiger partial charge on any atom is 0.253 e. The van der Waals surface area contributed by atoms with Gasteiger partial charge in [0.25, 0.3) is 5.91 Å². The van der Waals surface area contributed by atoms with E-state index in [2.05, 4.69) is 4.98 Å². The van der Waals surface area contributed by atoms with E-state index < -0.39 is 0 Å². The first-order valence-electron chi connectivity index (χ1n) is 5.00. The first-order chi connectivity index (χ1) is 7.19. The number of hydrogen-bond donors (Lipinski definition) is 1. The van der Waals surface area contributed by atoms with Crippen LogP contribution in [0.3, 0.4) is 0 Å². The van der Waals surface area contributed by atoms with Gasteiger partial charge < -0.3 is 10.0 Å². The Balaban J connectivity index is 2.85. The molecule has 15 heavy (non-hydrogen) atoms. The average molecular weight is 208 g/mol. The van der Waals surface area contributed by atoms with Crippen LogP contribution in [-0.4, -0.2) is 41.1 Å². The van der Waals surface area contributed by atoms with Crippen molar-refractivity contribution in [2.75, 3.05) is 20.2 Å². The zero-order chi connectivity index (χ0) is 11.3. The molecule has 0 unspecified atom stereocenters. The first-order valence-corrected chi connectivity index (χ1v) is 5.00. The fourth-order valence-electron chi connectivity index (χ4n) is 1.23. The summed E-state index contributed by atoms with van der Waals surface area (Å²) in [6.07, 6.45) is 2.08. The number of aliphatic hydroxyl groups excluding tert-OH is 1. The van der Waals surface area contributed by atoms with Crippen LogP contribution in [-0.2, 0) is 6.42 Å². The minimum atomic E-state index is -0.0147. The van der Waals surface area contributed by atoms with Crippen molar-refractivity contribution in [3.05, 3.63) is 29.6 Å². The van der Waals surface area contributed by atoms with Gasteiger partial charge in [-0.1, -0.05) is 0 Å². The van der Waals surface area contributed by atoms with Crippen LogP contribution in [0.25, 0.3) is 0 Å². The van der Waals surface area contributed by atoms with Crippen molar-refractivity contribution in [1.82, 2.24) is 9.88 Å². The Bertz CT molecular complexity index is 339. The molecule has 1 N–H and O–H groups in total. The van der Waals surface area contributed by atoms with Gasteiger partial charge in [0.05, 0.1) is 0 Å². The van der Waals surface area contributed by atoms with Crippen LogP contribution < -0.4 is 0 Å². The van der Waals surface area contributed by atoms with Crippen molar-refractivity contribution >= 4 is 5.91 Å². The molecular weight excluding hydrogens is 192 g/mol. The van der Waals surface area contributed by atoms with E-state index in [0.29, 0.717) is 18.5 Å². The summed E-state index contributed by atoms with van der Waals surface area (Å²) >= 11 is 0. The second kappa shape index (κ2) is 5.46. The Kier molecular flexibility index (Phi) is 4.24. The Morgan fingerprint density at radius 3 is 2.93 bits per heavy atom. The Morgan fingerprint density at radius 2 is 2.33 bits per heavy atom. The van der Waals surface area contributed by atoms with Crippen molar-refractivity contribution < 1.29 is 9.90 Å². The number of rotatable bonds is 4. The lowest BCUT2D eigenvalue weighted by molar-refractivity contribution is 0.0802. The zero-order valence-electron chi connectivity index (χ0n) is 9.10. The van der Waals surface area contributed by atoms with Gasteiger partial charge in [0.2, 0.25) is 0 Å². The second-order valence-corrected chi connectivity index (χ2v) is 3.33. The number of aliphatic hydroxyl groups is 1. The van der Waals surface area contributed by atoms with Gasteiger partial charge in [-0.2, -0.15) is 0 Å². The van der Waals surface area contributed by atoms with Gasteiger partial charge >= 0.3 is 0 Å². The number of carbonyl (C=O) groups excluding carboxylic acids is 1. The van der Waals surface area contributed by atoms with E-state index in [4.69, 9.17) is 5.11 Å². The van der Waals surface area contributed by atoms with Crippen LogP contribution in [0.15, 0.2) is 18.3 Å². The van der Waals surface area contributed by atoms with Gasteiger partial charge in [-0.25, -0.2) is 0 Å². The fraction of sp³-hybridized carbons (Fsp3) is 0.455. The van der Waals surface area contributed by atoms with E-state index in [9.17, 15) is 4.79 Å². The van der Waals surface area contributed by atoms with Gasteiger partial charge in [0, 0.05) is 44.1 Å². The molecule has 4 nitrogen and oxygen atoms in total. The van der Waals surface area contributed by atoms with E-state index >= 15 is 0 Å². The topological polar surface area (TPSA) is 53.4 Å². The van der Waals surface area contributed by atoms with E-state index in [1.54, 1.807) is 30.3 Å².